The van der Waals surface area contributed by atoms with Crippen molar-refractivity contribution in [1.82, 2.24) is 5.32 Å². The molecule has 4 heteroatoms. The van der Waals surface area contributed by atoms with Gasteiger partial charge >= 0.3 is 0 Å². The second-order valence-electron chi connectivity index (χ2n) is 5.95. The van der Waals surface area contributed by atoms with Crippen LogP contribution < -0.4 is 5.32 Å². The zero-order valence-corrected chi connectivity index (χ0v) is 13.4. The first-order valence-corrected chi connectivity index (χ1v) is 7.98. The molecule has 1 aliphatic carbocycles. The number of hydrogen-bond acceptors (Lipinski definition) is 1. The first-order chi connectivity index (χ1) is 9.47. The van der Waals surface area contributed by atoms with Crippen molar-refractivity contribution in [2.45, 2.75) is 57.4 Å². The molecular weight excluding hydrogens is 293 g/mol. The second-order valence-corrected chi connectivity index (χ2v) is 6.82. The maximum absolute atomic E-state index is 12.1. The number of nitrogens with one attached hydrogen (secondary N) is 1. The largest absolute Gasteiger partial charge is 0.351 e. The van der Waals surface area contributed by atoms with Crippen LogP contribution in [0.4, 0.5) is 0 Å². The van der Waals surface area contributed by atoms with Crippen molar-refractivity contribution in [2.24, 2.45) is 0 Å². The van der Waals surface area contributed by atoms with E-state index in [1.165, 1.54) is 19.3 Å². The Morgan fingerprint density at radius 1 is 1.15 bits per heavy atom. The highest BCUT2D eigenvalue weighted by molar-refractivity contribution is 6.34. The molecule has 0 radical (unpaired) electrons. The normalized spacial score (nSPS) is 17.8. The van der Waals surface area contributed by atoms with E-state index in [2.05, 4.69) is 12.2 Å². The SMILES string of the molecule is CC1(NC(=O)CCc2cc(Cl)cc(Cl)c2)CCCCC1. The van der Waals surface area contributed by atoms with E-state index in [4.69, 9.17) is 23.2 Å². The number of benzene rings is 1. The maximum atomic E-state index is 12.1. The van der Waals surface area contributed by atoms with Gasteiger partial charge < -0.3 is 5.32 Å². The Morgan fingerprint density at radius 2 is 1.75 bits per heavy atom. The van der Waals surface area contributed by atoms with Crippen LogP contribution in [-0.4, -0.2) is 11.4 Å². The number of carbonyl (C=O) groups excluding carboxylic acids is 1. The molecule has 110 valence electrons. The van der Waals surface area contributed by atoms with Crippen LogP contribution in [0.1, 0.15) is 51.0 Å². The van der Waals surface area contributed by atoms with Gasteiger partial charge in [0.15, 0.2) is 0 Å². The molecule has 1 amide bonds. The number of halogens is 2. The summed E-state index contributed by atoms with van der Waals surface area (Å²) in [5.74, 6) is 0.116. The minimum absolute atomic E-state index is 0.0126. The highest BCUT2D eigenvalue weighted by Crippen LogP contribution is 2.27. The molecule has 1 aliphatic rings. The van der Waals surface area contributed by atoms with Gasteiger partial charge in [-0.15, -0.1) is 0 Å². The average molecular weight is 314 g/mol. The van der Waals surface area contributed by atoms with Gasteiger partial charge in [-0.05, 0) is 49.9 Å². The zero-order chi connectivity index (χ0) is 14.6. The molecule has 0 bridgehead atoms. The van der Waals surface area contributed by atoms with Crippen LogP contribution in [0.25, 0.3) is 0 Å². The fourth-order valence-electron chi connectivity index (χ4n) is 2.87. The molecule has 0 heterocycles. The van der Waals surface area contributed by atoms with Gasteiger partial charge in [-0.3, -0.25) is 4.79 Å². The van der Waals surface area contributed by atoms with E-state index in [9.17, 15) is 4.79 Å². The van der Waals surface area contributed by atoms with Crippen LogP contribution in [0.2, 0.25) is 10.0 Å². The van der Waals surface area contributed by atoms with Crippen molar-refractivity contribution >= 4 is 29.1 Å². The Balaban J connectivity index is 1.85. The molecule has 1 aromatic carbocycles. The van der Waals surface area contributed by atoms with Crippen LogP contribution >= 0.6 is 23.2 Å². The van der Waals surface area contributed by atoms with Crippen molar-refractivity contribution in [3.8, 4) is 0 Å². The number of aryl methyl sites for hydroxylation is 1. The number of hydrogen-bond donors (Lipinski definition) is 1. The van der Waals surface area contributed by atoms with Gasteiger partial charge in [0.05, 0.1) is 0 Å². The minimum atomic E-state index is -0.0126. The quantitative estimate of drug-likeness (QED) is 0.852. The number of amides is 1. The van der Waals surface area contributed by atoms with Gasteiger partial charge in [0, 0.05) is 22.0 Å². The first-order valence-electron chi connectivity index (χ1n) is 7.23. The van der Waals surface area contributed by atoms with E-state index >= 15 is 0 Å². The predicted molar refractivity (Wildman–Crippen MR) is 84.4 cm³/mol. The molecule has 0 saturated heterocycles. The Bertz CT molecular complexity index is 461. The molecule has 2 rings (SSSR count). The molecule has 0 aliphatic heterocycles. The van der Waals surface area contributed by atoms with Crippen molar-refractivity contribution in [3.63, 3.8) is 0 Å². The number of carbonyl (C=O) groups is 1. The fraction of sp³-hybridized carbons (Fsp3) is 0.562. The molecule has 2 nitrogen and oxygen atoms in total. The third-order valence-corrected chi connectivity index (χ3v) is 4.40. The Hall–Kier alpha value is -0.730. The molecule has 0 aromatic heterocycles. The van der Waals surface area contributed by atoms with Crippen LogP contribution in [-0.2, 0) is 11.2 Å². The van der Waals surface area contributed by atoms with Gasteiger partial charge in [0.1, 0.15) is 0 Å². The third-order valence-electron chi connectivity index (χ3n) is 3.96. The molecule has 0 unspecified atom stereocenters. The molecule has 0 atom stereocenters. The summed E-state index contributed by atoms with van der Waals surface area (Å²) in [6, 6.07) is 5.43. The van der Waals surface area contributed by atoms with E-state index in [-0.39, 0.29) is 11.4 Å². The fourth-order valence-corrected chi connectivity index (χ4v) is 3.44. The standard InChI is InChI=1S/C16H21Cl2NO/c1-16(7-3-2-4-8-16)19-15(20)6-5-12-9-13(17)11-14(18)10-12/h9-11H,2-8H2,1H3,(H,19,20). The summed E-state index contributed by atoms with van der Waals surface area (Å²) in [5.41, 5.74) is 0.993. The lowest BCUT2D eigenvalue weighted by Gasteiger charge is -2.34. The third kappa shape index (κ3) is 4.68. The van der Waals surface area contributed by atoms with Crippen molar-refractivity contribution < 1.29 is 4.79 Å². The topological polar surface area (TPSA) is 29.1 Å². The van der Waals surface area contributed by atoms with E-state index in [0.717, 1.165) is 18.4 Å². The first kappa shape index (κ1) is 15.7. The van der Waals surface area contributed by atoms with Gasteiger partial charge in [0.2, 0.25) is 5.91 Å². The van der Waals surface area contributed by atoms with Crippen LogP contribution in [0, 0.1) is 0 Å². The van der Waals surface area contributed by atoms with Gasteiger partial charge in [0.25, 0.3) is 0 Å². The predicted octanol–water partition coefficient (Wildman–Crippen LogP) is 4.77. The summed E-state index contributed by atoms with van der Waals surface area (Å²) in [4.78, 5) is 12.1. The highest BCUT2D eigenvalue weighted by Gasteiger charge is 2.27. The Kier molecular flexibility index (Phi) is 5.34. The minimum Gasteiger partial charge on any atom is -0.351 e. The molecule has 1 N–H and O–H groups in total. The lowest BCUT2D eigenvalue weighted by molar-refractivity contribution is -0.123. The Morgan fingerprint density at radius 3 is 2.35 bits per heavy atom. The van der Waals surface area contributed by atoms with E-state index in [1.54, 1.807) is 6.07 Å². The molecule has 0 spiro atoms. The molecule has 1 saturated carbocycles. The summed E-state index contributed by atoms with van der Waals surface area (Å²) >= 11 is 11.9. The molecular formula is C16H21Cl2NO. The molecule has 20 heavy (non-hydrogen) atoms. The van der Waals surface area contributed by atoms with Gasteiger partial charge in [-0.1, -0.05) is 42.5 Å². The van der Waals surface area contributed by atoms with Crippen molar-refractivity contribution in [1.29, 1.82) is 0 Å². The molecule has 1 aromatic rings. The molecule has 1 fully saturated rings. The van der Waals surface area contributed by atoms with Crippen LogP contribution in [0.15, 0.2) is 18.2 Å². The summed E-state index contributed by atoms with van der Waals surface area (Å²) in [6.07, 6.45) is 7.02. The van der Waals surface area contributed by atoms with Crippen LogP contribution in [0.3, 0.4) is 0 Å². The van der Waals surface area contributed by atoms with Crippen LogP contribution in [0.5, 0.6) is 0 Å². The lowest BCUT2D eigenvalue weighted by atomic mass is 9.83. The average Bonchev–Trinajstić information content (AvgIpc) is 2.35. The monoisotopic (exact) mass is 313 g/mol. The van der Waals surface area contributed by atoms with Crippen molar-refractivity contribution in [2.75, 3.05) is 0 Å². The van der Waals surface area contributed by atoms with Gasteiger partial charge in [-0.25, -0.2) is 0 Å². The van der Waals surface area contributed by atoms with E-state index in [1.807, 2.05) is 12.1 Å². The second kappa shape index (κ2) is 6.82. The van der Waals surface area contributed by atoms with Crippen molar-refractivity contribution in [3.05, 3.63) is 33.8 Å². The smallest absolute Gasteiger partial charge is 0.220 e. The van der Waals surface area contributed by atoms with E-state index < -0.39 is 0 Å². The summed E-state index contributed by atoms with van der Waals surface area (Å²) in [6.45, 7) is 2.15. The highest BCUT2D eigenvalue weighted by atomic mass is 35.5. The lowest BCUT2D eigenvalue weighted by Crippen LogP contribution is -2.47. The maximum Gasteiger partial charge on any atom is 0.220 e. The summed E-state index contributed by atoms with van der Waals surface area (Å²) in [5, 5.41) is 4.43. The summed E-state index contributed by atoms with van der Waals surface area (Å²) in [7, 11) is 0. The zero-order valence-electron chi connectivity index (χ0n) is 11.8. The summed E-state index contributed by atoms with van der Waals surface area (Å²) < 4.78 is 0. The van der Waals surface area contributed by atoms with E-state index in [0.29, 0.717) is 22.9 Å². The van der Waals surface area contributed by atoms with Gasteiger partial charge in [-0.2, -0.15) is 0 Å². The Labute approximate surface area is 130 Å². The number of rotatable bonds is 4.